The number of carbonyl (C=O) groups excluding carboxylic acids is 1. The van der Waals surface area contributed by atoms with E-state index in [4.69, 9.17) is 10.00 Å². The van der Waals surface area contributed by atoms with Crippen LogP contribution in [0.5, 0.6) is 0 Å². The first-order valence-corrected chi connectivity index (χ1v) is 6.18. The predicted octanol–water partition coefficient (Wildman–Crippen LogP) is 2.09. The summed E-state index contributed by atoms with van der Waals surface area (Å²) in [6, 6.07) is 6.51. The Kier molecular flexibility index (Phi) is 4.00. The molecule has 100 valence electrons. The van der Waals surface area contributed by atoms with Gasteiger partial charge in [-0.3, -0.25) is 4.79 Å². The number of esters is 1. The molecule has 1 saturated heterocycles. The third kappa shape index (κ3) is 2.68. The average Bonchev–Trinajstić information content (AvgIpc) is 2.46. The van der Waals surface area contributed by atoms with E-state index >= 15 is 0 Å². The highest BCUT2D eigenvalue weighted by Crippen LogP contribution is 2.27. The van der Waals surface area contributed by atoms with E-state index in [2.05, 4.69) is 0 Å². The predicted molar refractivity (Wildman–Crippen MR) is 68.1 cm³/mol. The van der Waals surface area contributed by atoms with Gasteiger partial charge in [0.15, 0.2) is 0 Å². The van der Waals surface area contributed by atoms with E-state index in [1.807, 2.05) is 11.0 Å². The molecule has 4 nitrogen and oxygen atoms in total. The molecule has 0 atom stereocenters. The summed E-state index contributed by atoms with van der Waals surface area (Å²) < 4.78 is 18.3. The van der Waals surface area contributed by atoms with E-state index in [1.165, 1.54) is 13.2 Å². The number of methoxy groups -OCH3 is 1. The SMILES string of the molecule is COC(=O)C1CCN(c2cccc(F)c2C#N)CC1. The van der Waals surface area contributed by atoms with Crippen molar-refractivity contribution >= 4 is 11.7 Å². The van der Waals surface area contributed by atoms with Crippen molar-refractivity contribution in [3.05, 3.63) is 29.6 Å². The molecule has 0 radical (unpaired) electrons. The lowest BCUT2D eigenvalue weighted by molar-refractivity contribution is -0.146. The van der Waals surface area contributed by atoms with Crippen LogP contribution in [0.25, 0.3) is 0 Å². The number of anilines is 1. The monoisotopic (exact) mass is 262 g/mol. The van der Waals surface area contributed by atoms with Crippen molar-refractivity contribution in [2.24, 2.45) is 5.92 Å². The fourth-order valence-corrected chi connectivity index (χ4v) is 2.41. The molecule has 1 aliphatic heterocycles. The summed E-state index contributed by atoms with van der Waals surface area (Å²) in [6.45, 7) is 1.25. The molecule has 0 unspecified atom stereocenters. The first kappa shape index (κ1) is 13.3. The van der Waals surface area contributed by atoms with Gasteiger partial charge in [-0.2, -0.15) is 5.26 Å². The van der Waals surface area contributed by atoms with Gasteiger partial charge < -0.3 is 9.64 Å². The third-order valence-electron chi connectivity index (χ3n) is 3.47. The summed E-state index contributed by atoms with van der Waals surface area (Å²) in [5.41, 5.74) is 0.671. The Labute approximate surface area is 111 Å². The highest BCUT2D eigenvalue weighted by molar-refractivity contribution is 5.73. The van der Waals surface area contributed by atoms with Crippen LogP contribution < -0.4 is 4.90 Å². The number of nitriles is 1. The van der Waals surface area contributed by atoms with E-state index in [9.17, 15) is 9.18 Å². The minimum atomic E-state index is -0.505. The largest absolute Gasteiger partial charge is 0.469 e. The number of piperidine rings is 1. The van der Waals surface area contributed by atoms with Crippen LogP contribution in [0.2, 0.25) is 0 Å². The Morgan fingerprint density at radius 3 is 2.74 bits per heavy atom. The summed E-state index contributed by atoms with van der Waals surface area (Å²) in [6.07, 6.45) is 1.32. The fraction of sp³-hybridized carbons (Fsp3) is 0.429. The summed E-state index contributed by atoms with van der Waals surface area (Å²) in [5, 5.41) is 9.02. The number of carbonyl (C=O) groups is 1. The Hall–Kier alpha value is -2.09. The van der Waals surface area contributed by atoms with Gasteiger partial charge in [0.2, 0.25) is 0 Å². The first-order valence-electron chi connectivity index (χ1n) is 6.18. The molecule has 0 saturated carbocycles. The van der Waals surface area contributed by atoms with Crippen LogP contribution in [0.3, 0.4) is 0 Å². The first-order chi connectivity index (χ1) is 9.17. The molecule has 0 aliphatic carbocycles. The lowest BCUT2D eigenvalue weighted by Crippen LogP contribution is -2.37. The van der Waals surface area contributed by atoms with Gasteiger partial charge in [-0.25, -0.2) is 4.39 Å². The summed E-state index contributed by atoms with van der Waals surface area (Å²) >= 11 is 0. The Bertz CT molecular complexity index is 517. The smallest absolute Gasteiger partial charge is 0.308 e. The number of ether oxygens (including phenoxy) is 1. The minimum Gasteiger partial charge on any atom is -0.469 e. The maximum Gasteiger partial charge on any atom is 0.308 e. The molecule has 2 rings (SSSR count). The van der Waals surface area contributed by atoms with Crippen LogP contribution in [0, 0.1) is 23.1 Å². The minimum absolute atomic E-state index is 0.0685. The molecular formula is C14H15FN2O2. The molecular weight excluding hydrogens is 247 g/mol. The van der Waals surface area contributed by atoms with Crippen molar-refractivity contribution in [2.45, 2.75) is 12.8 Å². The maximum absolute atomic E-state index is 13.5. The van der Waals surface area contributed by atoms with Crippen molar-refractivity contribution in [1.82, 2.24) is 0 Å². The zero-order chi connectivity index (χ0) is 13.8. The van der Waals surface area contributed by atoms with E-state index in [-0.39, 0.29) is 17.5 Å². The normalized spacial score (nSPS) is 15.9. The Morgan fingerprint density at radius 1 is 1.47 bits per heavy atom. The van der Waals surface area contributed by atoms with E-state index in [1.54, 1.807) is 12.1 Å². The second-order valence-corrected chi connectivity index (χ2v) is 4.53. The summed E-state index contributed by atoms with van der Waals surface area (Å²) in [5.74, 6) is -0.796. The second-order valence-electron chi connectivity index (χ2n) is 4.53. The molecule has 0 aromatic heterocycles. The Balaban J connectivity index is 2.12. The quantitative estimate of drug-likeness (QED) is 0.766. The zero-order valence-electron chi connectivity index (χ0n) is 10.7. The molecule has 1 aromatic rings. The van der Waals surface area contributed by atoms with Crippen LogP contribution in [-0.2, 0) is 9.53 Å². The van der Waals surface area contributed by atoms with E-state index < -0.39 is 5.82 Å². The molecule has 0 N–H and O–H groups in total. The number of hydrogen-bond acceptors (Lipinski definition) is 4. The van der Waals surface area contributed by atoms with Crippen molar-refractivity contribution in [2.75, 3.05) is 25.1 Å². The molecule has 0 amide bonds. The summed E-state index contributed by atoms with van der Waals surface area (Å²) in [7, 11) is 1.38. The molecule has 0 bridgehead atoms. The number of nitrogens with zero attached hydrogens (tertiary/aromatic N) is 2. The Morgan fingerprint density at radius 2 is 2.16 bits per heavy atom. The molecule has 1 aromatic carbocycles. The van der Waals surface area contributed by atoms with Crippen LogP contribution in [0.1, 0.15) is 18.4 Å². The van der Waals surface area contributed by atoms with Gasteiger partial charge in [0.25, 0.3) is 0 Å². The van der Waals surface area contributed by atoms with E-state index in [0.29, 0.717) is 31.6 Å². The van der Waals surface area contributed by atoms with Crippen LogP contribution >= 0.6 is 0 Å². The van der Waals surface area contributed by atoms with Gasteiger partial charge in [0.05, 0.1) is 18.7 Å². The van der Waals surface area contributed by atoms with Crippen LogP contribution in [0.15, 0.2) is 18.2 Å². The van der Waals surface area contributed by atoms with Crippen molar-refractivity contribution in [3.63, 3.8) is 0 Å². The fourth-order valence-electron chi connectivity index (χ4n) is 2.41. The maximum atomic E-state index is 13.5. The van der Waals surface area contributed by atoms with Crippen molar-refractivity contribution in [1.29, 1.82) is 5.26 Å². The molecule has 1 fully saturated rings. The number of rotatable bonds is 2. The topological polar surface area (TPSA) is 53.3 Å². The number of halogens is 1. The molecule has 5 heteroatoms. The average molecular weight is 262 g/mol. The molecule has 1 aliphatic rings. The lowest BCUT2D eigenvalue weighted by atomic mass is 9.96. The zero-order valence-corrected chi connectivity index (χ0v) is 10.7. The van der Waals surface area contributed by atoms with Crippen molar-refractivity contribution < 1.29 is 13.9 Å². The third-order valence-corrected chi connectivity index (χ3v) is 3.47. The van der Waals surface area contributed by atoms with Crippen molar-refractivity contribution in [3.8, 4) is 6.07 Å². The van der Waals surface area contributed by atoms with Gasteiger partial charge in [-0.1, -0.05) is 6.07 Å². The van der Waals surface area contributed by atoms with Gasteiger partial charge in [-0.05, 0) is 25.0 Å². The van der Waals surface area contributed by atoms with Gasteiger partial charge in [-0.15, -0.1) is 0 Å². The van der Waals surface area contributed by atoms with Crippen LogP contribution in [-0.4, -0.2) is 26.2 Å². The lowest BCUT2D eigenvalue weighted by Gasteiger charge is -2.32. The van der Waals surface area contributed by atoms with Gasteiger partial charge in [0, 0.05) is 13.1 Å². The van der Waals surface area contributed by atoms with Gasteiger partial charge >= 0.3 is 5.97 Å². The number of hydrogen-bond donors (Lipinski definition) is 0. The molecule has 19 heavy (non-hydrogen) atoms. The highest BCUT2D eigenvalue weighted by Gasteiger charge is 2.27. The standard InChI is InChI=1S/C14H15FN2O2/c1-19-14(18)10-5-7-17(8-6-10)13-4-2-3-12(15)11(13)9-16/h2-4,10H,5-8H2,1H3. The van der Waals surface area contributed by atoms with Gasteiger partial charge in [0.1, 0.15) is 17.4 Å². The van der Waals surface area contributed by atoms with E-state index in [0.717, 1.165) is 0 Å². The molecule has 0 spiro atoms. The second kappa shape index (κ2) is 5.70. The summed E-state index contributed by atoms with van der Waals surface area (Å²) in [4.78, 5) is 13.4. The van der Waals surface area contributed by atoms with Crippen LogP contribution in [0.4, 0.5) is 10.1 Å². The number of benzene rings is 1. The highest BCUT2D eigenvalue weighted by atomic mass is 19.1. The molecule has 1 heterocycles.